The van der Waals surface area contributed by atoms with E-state index in [9.17, 15) is 10.2 Å². The van der Waals surface area contributed by atoms with Crippen LogP contribution in [0.1, 0.15) is 64.3 Å². The number of fused-ring (bicyclic) bond motifs is 5. The van der Waals surface area contributed by atoms with Gasteiger partial charge in [0, 0.05) is 30.5 Å². The van der Waals surface area contributed by atoms with Crippen LogP contribution in [0.25, 0.3) is 20.4 Å². The number of hydrogen-bond acceptors (Lipinski definition) is 9. The molecule has 0 fully saturated rings. The average Bonchev–Trinajstić information content (AvgIpc) is 3.09. The van der Waals surface area contributed by atoms with E-state index >= 15 is 0 Å². The standard InChI is InChI=1S/C24H34N4O3S2/c1-12(2)18-16-11-31-24(5,6)8-15(16)17-19-20(33-22(17)25-18)21(27-23(26-19)32-7)28(9-13(3)29)10-14(4)30/h12-14,29-30H,8-11H2,1-7H3/t13-,14-/m0/s1. The molecule has 9 heteroatoms. The monoisotopic (exact) mass is 490 g/mol. The number of thiophene rings is 1. The van der Waals surface area contributed by atoms with E-state index in [1.807, 2.05) is 11.2 Å². The molecule has 3 aromatic heterocycles. The highest BCUT2D eigenvalue weighted by atomic mass is 32.2. The average molecular weight is 491 g/mol. The maximum absolute atomic E-state index is 10.2. The minimum atomic E-state index is -0.558. The van der Waals surface area contributed by atoms with Crippen molar-refractivity contribution >= 4 is 49.3 Å². The SMILES string of the molecule is CSc1nc(N(C[C@H](C)O)C[C@H](C)O)c2sc3nc(C(C)C)c4c(c3c2n1)CC(C)(C)OC4. The first kappa shape index (κ1) is 24.6. The van der Waals surface area contributed by atoms with E-state index in [1.54, 1.807) is 25.2 Å². The van der Waals surface area contributed by atoms with E-state index in [4.69, 9.17) is 19.7 Å². The van der Waals surface area contributed by atoms with Crippen LogP contribution in [0.2, 0.25) is 0 Å². The lowest BCUT2D eigenvalue weighted by atomic mass is 9.87. The highest BCUT2D eigenvalue weighted by molar-refractivity contribution is 7.98. The van der Waals surface area contributed by atoms with E-state index in [0.29, 0.717) is 24.9 Å². The lowest BCUT2D eigenvalue weighted by Gasteiger charge is -2.33. The smallest absolute Gasteiger partial charge is 0.189 e. The van der Waals surface area contributed by atoms with Crippen LogP contribution in [0.3, 0.4) is 0 Å². The molecular formula is C24H34N4O3S2. The van der Waals surface area contributed by atoms with Gasteiger partial charge in [0.1, 0.15) is 4.83 Å². The number of hydrogen-bond donors (Lipinski definition) is 2. The molecular weight excluding hydrogens is 456 g/mol. The maximum Gasteiger partial charge on any atom is 0.189 e. The molecule has 0 saturated carbocycles. The third-order valence-electron chi connectivity index (χ3n) is 5.88. The molecule has 1 aliphatic heterocycles. The third kappa shape index (κ3) is 4.84. The first-order valence-corrected chi connectivity index (χ1v) is 13.5. The van der Waals surface area contributed by atoms with Crippen molar-refractivity contribution in [1.82, 2.24) is 15.0 Å². The van der Waals surface area contributed by atoms with Crippen molar-refractivity contribution in [1.29, 1.82) is 0 Å². The Kier molecular flexibility index (Phi) is 6.90. The van der Waals surface area contributed by atoms with Gasteiger partial charge in [-0.3, -0.25) is 0 Å². The molecule has 2 atom stereocenters. The Morgan fingerprint density at radius 2 is 1.73 bits per heavy atom. The number of nitrogens with zero attached hydrogens (tertiary/aromatic N) is 4. The van der Waals surface area contributed by atoms with Gasteiger partial charge in [-0.1, -0.05) is 25.6 Å². The van der Waals surface area contributed by atoms with E-state index in [0.717, 1.165) is 38.4 Å². The molecule has 0 bridgehead atoms. The number of ether oxygens (including phenoxy) is 1. The predicted molar refractivity (Wildman–Crippen MR) is 137 cm³/mol. The van der Waals surface area contributed by atoms with Gasteiger partial charge < -0.3 is 19.8 Å². The van der Waals surface area contributed by atoms with Crippen LogP contribution in [-0.2, 0) is 17.8 Å². The summed E-state index contributed by atoms with van der Waals surface area (Å²) in [6.07, 6.45) is 1.65. The number of anilines is 1. The highest BCUT2D eigenvalue weighted by Crippen LogP contribution is 2.44. The molecule has 33 heavy (non-hydrogen) atoms. The van der Waals surface area contributed by atoms with Gasteiger partial charge in [-0.2, -0.15) is 0 Å². The van der Waals surface area contributed by atoms with Crippen molar-refractivity contribution in [3.63, 3.8) is 0 Å². The summed E-state index contributed by atoms with van der Waals surface area (Å²) in [4.78, 5) is 17.8. The van der Waals surface area contributed by atoms with E-state index in [2.05, 4.69) is 27.7 Å². The second-order valence-corrected chi connectivity index (χ2v) is 11.7. The molecule has 7 nitrogen and oxygen atoms in total. The first-order chi connectivity index (χ1) is 15.5. The zero-order chi connectivity index (χ0) is 24.1. The van der Waals surface area contributed by atoms with Crippen molar-refractivity contribution in [2.24, 2.45) is 0 Å². The van der Waals surface area contributed by atoms with Gasteiger partial charge in [0.05, 0.1) is 40.3 Å². The number of thioether (sulfide) groups is 1. The van der Waals surface area contributed by atoms with Crippen LogP contribution in [0.4, 0.5) is 5.82 Å². The minimum Gasteiger partial charge on any atom is -0.392 e. The summed E-state index contributed by atoms with van der Waals surface area (Å²) in [5.74, 6) is 1.03. The lowest BCUT2D eigenvalue weighted by Crippen LogP contribution is -2.37. The molecule has 1 aliphatic rings. The van der Waals surface area contributed by atoms with Gasteiger partial charge in [0.25, 0.3) is 0 Å². The zero-order valence-corrected chi connectivity index (χ0v) is 22.1. The maximum atomic E-state index is 10.2. The summed E-state index contributed by atoms with van der Waals surface area (Å²) in [6, 6.07) is 0. The van der Waals surface area contributed by atoms with E-state index in [1.165, 1.54) is 22.9 Å². The molecule has 180 valence electrons. The van der Waals surface area contributed by atoms with Gasteiger partial charge in [0.2, 0.25) is 0 Å². The Hall–Kier alpha value is -1.52. The minimum absolute atomic E-state index is 0.257. The van der Waals surface area contributed by atoms with Crippen LogP contribution in [0.15, 0.2) is 5.16 Å². The molecule has 0 amide bonds. The van der Waals surface area contributed by atoms with Crippen LogP contribution in [0, 0.1) is 0 Å². The second-order valence-electron chi connectivity index (χ2n) is 9.93. The Bertz CT molecular complexity index is 1160. The highest BCUT2D eigenvalue weighted by Gasteiger charge is 2.33. The molecule has 4 rings (SSSR count). The molecule has 0 aliphatic carbocycles. The summed E-state index contributed by atoms with van der Waals surface area (Å²) in [5, 5.41) is 22.1. The van der Waals surface area contributed by atoms with Crippen molar-refractivity contribution in [3.8, 4) is 0 Å². The molecule has 0 aromatic carbocycles. The Balaban J connectivity index is 2.06. The number of pyridine rings is 1. The van der Waals surface area contributed by atoms with Crippen molar-refractivity contribution in [2.75, 3.05) is 24.2 Å². The van der Waals surface area contributed by atoms with Gasteiger partial charge in [-0.15, -0.1) is 11.3 Å². The molecule has 0 unspecified atom stereocenters. The first-order valence-electron chi connectivity index (χ1n) is 11.5. The quantitative estimate of drug-likeness (QED) is 0.369. The normalized spacial score (nSPS) is 17.5. The Morgan fingerprint density at radius 3 is 2.30 bits per heavy atom. The summed E-state index contributed by atoms with van der Waals surface area (Å²) in [7, 11) is 0. The van der Waals surface area contributed by atoms with Crippen molar-refractivity contribution in [3.05, 3.63) is 16.8 Å². The van der Waals surface area contributed by atoms with Crippen molar-refractivity contribution in [2.45, 2.75) is 83.5 Å². The Morgan fingerprint density at radius 1 is 1.06 bits per heavy atom. The fraction of sp³-hybridized carbons (Fsp3) is 0.625. The summed E-state index contributed by atoms with van der Waals surface area (Å²) >= 11 is 3.10. The van der Waals surface area contributed by atoms with Crippen LogP contribution in [-0.4, -0.2) is 62.3 Å². The molecule has 0 spiro atoms. The zero-order valence-electron chi connectivity index (χ0n) is 20.5. The van der Waals surface area contributed by atoms with Gasteiger partial charge in [-0.05, 0) is 45.4 Å². The molecule has 0 radical (unpaired) electrons. The largest absolute Gasteiger partial charge is 0.392 e. The fourth-order valence-electron chi connectivity index (χ4n) is 4.53. The van der Waals surface area contributed by atoms with E-state index in [-0.39, 0.29) is 11.5 Å². The van der Waals surface area contributed by atoms with Gasteiger partial charge in [-0.25, -0.2) is 15.0 Å². The number of aliphatic hydroxyl groups excluding tert-OH is 2. The van der Waals surface area contributed by atoms with Gasteiger partial charge in [0.15, 0.2) is 11.0 Å². The molecule has 4 heterocycles. The summed E-state index contributed by atoms with van der Waals surface area (Å²) in [6.45, 7) is 13.4. The molecule has 2 N–H and O–H groups in total. The topological polar surface area (TPSA) is 91.6 Å². The Labute approximate surface area is 203 Å². The number of rotatable bonds is 7. The number of aromatic nitrogens is 3. The molecule has 3 aromatic rings. The summed E-state index contributed by atoms with van der Waals surface area (Å²) in [5.41, 5.74) is 4.20. The predicted octanol–water partition coefficient (Wildman–Crippen LogP) is 4.50. The fourth-order valence-corrected chi connectivity index (χ4v) is 6.06. The van der Waals surface area contributed by atoms with E-state index < -0.39 is 12.2 Å². The van der Waals surface area contributed by atoms with Crippen LogP contribution in [0.5, 0.6) is 0 Å². The van der Waals surface area contributed by atoms with Crippen LogP contribution < -0.4 is 4.90 Å². The van der Waals surface area contributed by atoms with Gasteiger partial charge >= 0.3 is 0 Å². The lowest BCUT2D eigenvalue weighted by molar-refractivity contribution is -0.0402. The van der Waals surface area contributed by atoms with Crippen LogP contribution >= 0.6 is 23.1 Å². The summed E-state index contributed by atoms with van der Waals surface area (Å²) < 4.78 is 7.13. The van der Waals surface area contributed by atoms with Crippen molar-refractivity contribution < 1.29 is 14.9 Å². The number of aliphatic hydroxyl groups is 2. The second kappa shape index (κ2) is 9.26. The third-order valence-corrected chi connectivity index (χ3v) is 7.50. The molecule has 0 saturated heterocycles.